The molecule has 1 atom stereocenters. The molecule has 0 bridgehead atoms. The standard InChI is InChI=1S/C53H32N2/c1-3-15-33(16-4-1)50-32-51(34-17-5-2-6-18-34)55-52(54-50)35-27-28-42-40-23-11-13-25-46(40)53(48(42)29-35)47-26-14-12-24-41(47)45-30-43-38-21-9-7-19-36(38)37-20-8-10-22-39(37)44(43)31-49(45)53/h1-32H. The first kappa shape index (κ1) is 30.3. The summed E-state index contributed by atoms with van der Waals surface area (Å²) in [4.78, 5) is 10.5. The third kappa shape index (κ3) is 4.19. The van der Waals surface area contributed by atoms with Gasteiger partial charge in [-0.1, -0.05) is 170 Å². The number of hydrogen-bond donors (Lipinski definition) is 0. The maximum atomic E-state index is 5.27. The zero-order valence-corrected chi connectivity index (χ0v) is 29.9. The quantitative estimate of drug-likeness (QED) is 0.172. The van der Waals surface area contributed by atoms with Crippen molar-refractivity contribution in [2.45, 2.75) is 5.41 Å². The molecule has 2 heteroatoms. The summed E-state index contributed by atoms with van der Waals surface area (Å²) < 4.78 is 0. The van der Waals surface area contributed by atoms with Crippen molar-refractivity contribution in [3.63, 3.8) is 0 Å². The highest BCUT2D eigenvalue weighted by molar-refractivity contribution is 6.26. The first-order valence-corrected chi connectivity index (χ1v) is 19.0. The molecular formula is C53H32N2. The average Bonchev–Trinajstić information content (AvgIpc) is 3.73. The Balaban J connectivity index is 1.17. The van der Waals surface area contributed by atoms with Crippen LogP contribution in [0.15, 0.2) is 194 Å². The Labute approximate surface area is 319 Å². The van der Waals surface area contributed by atoms with Crippen LogP contribution in [0.25, 0.3) is 88.5 Å². The minimum atomic E-state index is -0.520. The van der Waals surface area contributed by atoms with Gasteiger partial charge in [0.25, 0.3) is 0 Å². The first-order chi connectivity index (χ1) is 27.3. The SMILES string of the molecule is c1ccc(-c2cc(-c3ccccc3)nc(-c3ccc4c(c3)C3(c5ccccc5-4)c4ccccc4-c4cc5c6ccccc6c6ccccc6c5cc43)n2)cc1. The number of aromatic nitrogens is 2. The fraction of sp³-hybridized carbons (Fsp3) is 0.0189. The normalized spacial score (nSPS) is 15.0. The van der Waals surface area contributed by atoms with Crippen LogP contribution in [0.2, 0.25) is 0 Å². The fourth-order valence-electron chi connectivity index (χ4n) is 9.76. The van der Waals surface area contributed by atoms with Gasteiger partial charge < -0.3 is 0 Å². The molecule has 1 unspecified atom stereocenters. The summed E-state index contributed by atoms with van der Waals surface area (Å²) in [6.07, 6.45) is 0. The minimum absolute atomic E-state index is 0.520. The molecule has 12 rings (SSSR count). The molecule has 2 aliphatic carbocycles. The van der Waals surface area contributed by atoms with Crippen LogP contribution >= 0.6 is 0 Å². The monoisotopic (exact) mass is 696 g/mol. The molecule has 1 heterocycles. The lowest BCUT2D eigenvalue weighted by Gasteiger charge is -2.31. The molecule has 1 aromatic heterocycles. The van der Waals surface area contributed by atoms with Crippen LogP contribution in [0.5, 0.6) is 0 Å². The van der Waals surface area contributed by atoms with E-state index in [1.54, 1.807) is 0 Å². The van der Waals surface area contributed by atoms with E-state index in [0.29, 0.717) is 0 Å². The van der Waals surface area contributed by atoms with Gasteiger partial charge in [-0.2, -0.15) is 0 Å². The van der Waals surface area contributed by atoms with Crippen molar-refractivity contribution >= 4 is 32.3 Å². The molecule has 10 aromatic rings. The van der Waals surface area contributed by atoms with Crippen molar-refractivity contribution in [2.24, 2.45) is 0 Å². The highest BCUT2D eigenvalue weighted by Crippen LogP contribution is 2.64. The van der Waals surface area contributed by atoms with Gasteiger partial charge in [0.05, 0.1) is 16.8 Å². The summed E-state index contributed by atoms with van der Waals surface area (Å²) in [5.74, 6) is 0.719. The fourth-order valence-corrected chi connectivity index (χ4v) is 9.76. The third-order valence-electron chi connectivity index (χ3n) is 12.1. The van der Waals surface area contributed by atoms with Crippen LogP contribution in [-0.2, 0) is 5.41 Å². The highest BCUT2D eigenvalue weighted by Gasteiger charge is 2.52. The molecule has 0 amide bonds. The molecule has 1 spiro atoms. The lowest BCUT2D eigenvalue weighted by Crippen LogP contribution is -2.26. The maximum absolute atomic E-state index is 5.27. The third-order valence-corrected chi connectivity index (χ3v) is 12.1. The Kier molecular flexibility index (Phi) is 6.29. The van der Waals surface area contributed by atoms with E-state index < -0.39 is 5.41 Å². The van der Waals surface area contributed by atoms with E-state index in [9.17, 15) is 0 Å². The van der Waals surface area contributed by atoms with Crippen LogP contribution in [0.3, 0.4) is 0 Å². The van der Waals surface area contributed by atoms with E-state index in [0.717, 1.165) is 33.9 Å². The Morgan fingerprint density at radius 3 is 1.29 bits per heavy atom. The van der Waals surface area contributed by atoms with Crippen molar-refractivity contribution in [3.05, 3.63) is 216 Å². The van der Waals surface area contributed by atoms with Crippen LogP contribution in [0.1, 0.15) is 22.3 Å². The van der Waals surface area contributed by atoms with E-state index in [1.807, 2.05) is 12.1 Å². The second-order valence-corrected chi connectivity index (χ2v) is 14.8. The van der Waals surface area contributed by atoms with Gasteiger partial charge in [-0.05, 0) is 101 Å². The van der Waals surface area contributed by atoms with Gasteiger partial charge in [0.1, 0.15) is 0 Å². The van der Waals surface area contributed by atoms with E-state index >= 15 is 0 Å². The van der Waals surface area contributed by atoms with E-state index in [1.165, 1.54) is 76.8 Å². The molecule has 2 nitrogen and oxygen atoms in total. The van der Waals surface area contributed by atoms with Crippen LogP contribution in [0, 0.1) is 0 Å². The minimum Gasteiger partial charge on any atom is -0.228 e. The van der Waals surface area contributed by atoms with E-state index in [-0.39, 0.29) is 0 Å². The number of hydrogen-bond acceptors (Lipinski definition) is 2. The van der Waals surface area contributed by atoms with Gasteiger partial charge in [-0.25, -0.2) is 9.97 Å². The Hall–Kier alpha value is -7.16. The summed E-state index contributed by atoms with van der Waals surface area (Å²) in [5, 5.41) is 7.73. The van der Waals surface area contributed by atoms with Crippen molar-refractivity contribution in [2.75, 3.05) is 0 Å². The molecule has 0 saturated heterocycles. The van der Waals surface area contributed by atoms with Gasteiger partial charge in [0, 0.05) is 16.7 Å². The summed E-state index contributed by atoms with van der Waals surface area (Å²) in [5.41, 5.74) is 14.8. The molecular weight excluding hydrogens is 665 g/mol. The first-order valence-electron chi connectivity index (χ1n) is 19.0. The van der Waals surface area contributed by atoms with Crippen molar-refractivity contribution in [3.8, 4) is 56.2 Å². The van der Waals surface area contributed by atoms with Gasteiger partial charge >= 0.3 is 0 Å². The smallest absolute Gasteiger partial charge is 0.160 e. The molecule has 2 aliphatic rings. The summed E-state index contributed by atoms with van der Waals surface area (Å²) in [6, 6.07) is 70.8. The van der Waals surface area contributed by atoms with Crippen LogP contribution in [-0.4, -0.2) is 9.97 Å². The highest BCUT2D eigenvalue weighted by atomic mass is 14.9. The van der Waals surface area contributed by atoms with Crippen molar-refractivity contribution in [1.29, 1.82) is 0 Å². The Morgan fingerprint density at radius 1 is 0.273 bits per heavy atom. The predicted molar refractivity (Wildman–Crippen MR) is 227 cm³/mol. The molecule has 0 N–H and O–H groups in total. The number of benzene rings is 9. The summed E-state index contributed by atoms with van der Waals surface area (Å²) in [7, 11) is 0. The molecule has 9 aromatic carbocycles. The van der Waals surface area contributed by atoms with Gasteiger partial charge in [0.15, 0.2) is 5.82 Å². The molecule has 0 fully saturated rings. The van der Waals surface area contributed by atoms with E-state index in [4.69, 9.17) is 9.97 Å². The predicted octanol–water partition coefficient (Wildman–Crippen LogP) is 13.3. The summed E-state index contributed by atoms with van der Waals surface area (Å²) in [6.45, 7) is 0. The number of rotatable bonds is 3. The second kappa shape index (κ2) is 11.4. The Morgan fingerprint density at radius 2 is 0.709 bits per heavy atom. The van der Waals surface area contributed by atoms with Crippen LogP contribution < -0.4 is 0 Å². The van der Waals surface area contributed by atoms with Crippen molar-refractivity contribution < 1.29 is 0 Å². The molecule has 254 valence electrons. The molecule has 55 heavy (non-hydrogen) atoms. The average molecular weight is 697 g/mol. The molecule has 0 aliphatic heterocycles. The van der Waals surface area contributed by atoms with Gasteiger partial charge in [-0.15, -0.1) is 0 Å². The van der Waals surface area contributed by atoms with Crippen LogP contribution in [0.4, 0.5) is 0 Å². The maximum Gasteiger partial charge on any atom is 0.160 e. The van der Waals surface area contributed by atoms with E-state index in [2.05, 4.69) is 182 Å². The van der Waals surface area contributed by atoms with Gasteiger partial charge in [-0.3, -0.25) is 0 Å². The lowest BCUT2D eigenvalue weighted by molar-refractivity contribution is 0.795. The van der Waals surface area contributed by atoms with Gasteiger partial charge in [0.2, 0.25) is 0 Å². The van der Waals surface area contributed by atoms with Crippen molar-refractivity contribution in [1.82, 2.24) is 9.97 Å². The summed E-state index contributed by atoms with van der Waals surface area (Å²) >= 11 is 0. The molecule has 0 radical (unpaired) electrons. The number of nitrogens with zero attached hydrogens (tertiary/aromatic N) is 2. The second-order valence-electron chi connectivity index (χ2n) is 14.8. The Bertz CT molecular complexity index is 3140. The number of fused-ring (bicyclic) bond motifs is 16. The zero-order valence-electron chi connectivity index (χ0n) is 29.9. The topological polar surface area (TPSA) is 25.8 Å². The molecule has 0 saturated carbocycles. The largest absolute Gasteiger partial charge is 0.228 e. The lowest BCUT2D eigenvalue weighted by atomic mass is 9.70. The zero-order chi connectivity index (χ0) is 36.1.